The first-order valence-electron chi connectivity index (χ1n) is 7.63. The van der Waals surface area contributed by atoms with Gasteiger partial charge in [0.1, 0.15) is 5.82 Å². The highest BCUT2D eigenvalue weighted by Crippen LogP contribution is 2.25. The molecule has 0 aliphatic rings. The molecule has 0 aliphatic heterocycles. The zero-order valence-electron chi connectivity index (χ0n) is 13.6. The molecule has 0 bridgehead atoms. The Hall–Kier alpha value is -2.05. The van der Waals surface area contributed by atoms with Crippen molar-refractivity contribution >= 4 is 52.5 Å². The Kier molecular flexibility index (Phi) is 6.23. The minimum absolute atomic E-state index is 0. The van der Waals surface area contributed by atoms with Crippen molar-refractivity contribution in [2.24, 2.45) is 7.05 Å². The average molecular weight is 367 g/mol. The number of rotatable bonds is 6. The summed E-state index contributed by atoms with van der Waals surface area (Å²) in [5, 5.41) is 12.4. The second-order valence-corrected chi connectivity index (χ2v) is 5.75. The van der Waals surface area contributed by atoms with Gasteiger partial charge in [0.2, 0.25) is 5.95 Å². The number of nitrogens with one attached hydrogen (secondary N) is 2. The third-order valence-electron chi connectivity index (χ3n) is 3.51. The fourth-order valence-corrected chi connectivity index (χ4v) is 2.37. The predicted octanol–water partition coefficient (Wildman–Crippen LogP) is 4.39. The van der Waals surface area contributed by atoms with Gasteiger partial charge in [0.05, 0.1) is 11.6 Å². The highest BCUT2D eigenvalue weighted by molar-refractivity contribution is 6.30. The third kappa shape index (κ3) is 4.07. The van der Waals surface area contributed by atoms with E-state index >= 15 is 0 Å². The number of hydrogen-bond acceptors (Lipinski definition) is 5. The standard InChI is InChI=1S/C16H19ClN6.ClH/c1-3-4-9-18-16-21-14(13-10-19-23(2)15(13)22-16)20-12-7-5-11(17)6-8-12;/h5-8,10H,3-4,9H2,1-2H3,(H2,18,20,21,22);1H. The van der Waals surface area contributed by atoms with Crippen LogP contribution in [0.3, 0.4) is 0 Å². The van der Waals surface area contributed by atoms with Crippen LogP contribution in [-0.2, 0) is 7.05 Å². The molecule has 2 heterocycles. The lowest BCUT2D eigenvalue weighted by atomic mass is 10.3. The summed E-state index contributed by atoms with van der Waals surface area (Å²) in [6.45, 7) is 3.00. The maximum atomic E-state index is 5.93. The zero-order chi connectivity index (χ0) is 16.2. The lowest BCUT2D eigenvalue weighted by Crippen LogP contribution is -2.07. The molecule has 8 heteroatoms. The molecule has 2 aromatic heterocycles. The van der Waals surface area contributed by atoms with Crippen LogP contribution in [0.25, 0.3) is 11.0 Å². The Balaban J connectivity index is 0.00000208. The molecule has 0 amide bonds. The number of anilines is 3. The summed E-state index contributed by atoms with van der Waals surface area (Å²) in [6.07, 6.45) is 3.97. The van der Waals surface area contributed by atoms with Gasteiger partial charge in [-0.15, -0.1) is 12.4 Å². The van der Waals surface area contributed by atoms with Crippen molar-refractivity contribution < 1.29 is 0 Å². The van der Waals surface area contributed by atoms with E-state index in [1.165, 1.54) is 0 Å². The van der Waals surface area contributed by atoms with E-state index in [-0.39, 0.29) is 12.4 Å². The fourth-order valence-electron chi connectivity index (χ4n) is 2.24. The maximum absolute atomic E-state index is 5.93. The number of benzene rings is 1. The van der Waals surface area contributed by atoms with E-state index in [2.05, 4.69) is 32.6 Å². The molecular formula is C16H20Cl2N6. The van der Waals surface area contributed by atoms with Crippen LogP contribution in [0.5, 0.6) is 0 Å². The Morgan fingerprint density at radius 3 is 2.62 bits per heavy atom. The molecular weight excluding hydrogens is 347 g/mol. The number of nitrogens with zero attached hydrogens (tertiary/aromatic N) is 4. The normalized spacial score (nSPS) is 10.5. The molecule has 0 spiro atoms. The lowest BCUT2D eigenvalue weighted by molar-refractivity contribution is 0.783. The van der Waals surface area contributed by atoms with E-state index in [0.717, 1.165) is 41.9 Å². The summed E-state index contributed by atoms with van der Waals surface area (Å²) < 4.78 is 1.75. The minimum atomic E-state index is 0. The molecule has 0 atom stereocenters. The molecule has 0 aliphatic carbocycles. The summed E-state index contributed by atoms with van der Waals surface area (Å²) in [7, 11) is 1.87. The Morgan fingerprint density at radius 1 is 1.17 bits per heavy atom. The smallest absolute Gasteiger partial charge is 0.226 e. The molecule has 3 rings (SSSR count). The molecule has 0 saturated heterocycles. The van der Waals surface area contributed by atoms with E-state index in [4.69, 9.17) is 11.6 Å². The first kappa shape index (κ1) is 18.3. The van der Waals surface area contributed by atoms with Crippen LogP contribution in [0.15, 0.2) is 30.5 Å². The Labute approximate surface area is 152 Å². The van der Waals surface area contributed by atoms with Crippen LogP contribution < -0.4 is 10.6 Å². The molecule has 0 unspecified atom stereocenters. The molecule has 0 saturated carbocycles. The predicted molar refractivity (Wildman–Crippen MR) is 102 cm³/mol. The largest absolute Gasteiger partial charge is 0.354 e. The van der Waals surface area contributed by atoms with E-state index < -0.39 is 0 Å². The molecule has 0 fully saturated rings. The Bertz CT molecular complexity index is 800. The Morgan fingerprint density at radius 2 is 1.92 bits per heavy atom. The first-order valence-corrected chi connectivity index (χ1v) is 8.01. The summed E-state index contributed by atoms with van der Waals surface area (Å²) in [5.74, 6) is 1.33. The highest BCUT2D eigenvalue weighted by Gasteiger charge is 2.11. The van der Waals surface area contributed by atoms with Gasteiger partial charge in [0, 0.05) is 24.3 Å². The first-order chi connectivity index (χ1) is 11.2. The molecule has 0 radical (unpaired) electrons. The number of hydrogen-bond donors (Lipinski definition) is 2. The van der Waals surface area contributed by atoms with Gasteiger partial charge in [-0.05, 0) is 30.7 Å². The molecule has 2 N–H and O–H groups in total. The van der Waals surface area contributed by atoms with Crippen LogP contribution in [-0.4, -0.2) is 26.3 Å². The quantitative estimate of drug-likeness (QED) is 0.633. The van der Waals surface area contributed by atoms with Gasteiger partial charge in [0.25, 0.3) is 0 Å². The number of aryl methyl sites for hydroxylation is 1. The molecule has 1 aromatic carbocycles. The van der Waals surface area contributed by atoms with Crippen LogP contribution in [0.2, 0.25) is 5.02 Å². The second-order valence-electron chi connectivity index (χ2n) is 5.31. The van der Waals surface area contributed by atoms with Crippen LogP contribution in [0.4, 0.5) is 17.5 Å². The maximum Gasteiger partial charge on any atom is 0.226 e. The molecule has 3 aromatic rings. The van der Waals surface area contributed by atoms with Crippen LogP contribution >= 0.6 is 24.0 Å². The third-order valence-corrected chi connectivity index (χ3v) is 3.76. The fraction of sp³-hybridized carbons (Fsp3) is 0.312. The highest BCUT2D eigenvalue weighted by atomic mass is 35.5. The topological polar surface area (TPSA) is 67.7 Å². The van der Waals surface area contributed by atoms with Gasteiger partial charge in [-0.2, -0.15) is 15.1 Å². The zero-order valence-corrected chi connectivity index (χ0v) is 15.2. The van der Waals surface area contributed by atoms with Crippen molar-refractivity contribution in [3.05, 3.63) is 35.5 Å². The summed E-state index contributed by atoms with van der Waals surface area (Å²) in [4.78, 5) is 9.12. The van der Waals surface area contributed by atoms with E-state index in [0.29, 0.717) is 11.0 Å². The van der Waals surface area contributed by atoms with Crippen molar-refractivity contribution in [3.63, 3.8) is 0 Å². The van der Waals surface area contributed by atoms with E-state index in [1.807, 2.05) is 31.3 Å². The molecule has 6 nitrogen and oxygen atoms in total. The van der Waals surface area contributed by atoms with Crippen LogP contribution in [0.1, 0.15) is 19.8 Å². The lowest BCUT2D eigenvalue weighted by Gasteiger charge is -2.10. The summed E-state index contributed by atoms with van der Waals surface area (Å²) in [5.41, 5.74) is 1.70. The van der Waals surface area contributed by atoms with Gasteiger partial charge in [-0.25, -0.2) is 0 Å². The van der Waals surface area contributed by atoms with E-state index in [1.54, 1.807) is 10.9 Å². The van der Waals surface area contributed by atoms with Gasteiger partial charge in [0.15, 0.2) is 5.65 Å². The number of aromatic nitrogens is 4. The average Bonchev–Trinajstić information content (AvgIpc) is 2.92. The number of unbranched alkanes of at least 4 members (excludes halogenated alkanes) is 1. The monoisotopic (exact) mass is 366 g/mol. The molecule has 128 valence electrons. The van der Waals surface area contributed by atoms with Crippen molar-refractivity contribution in [3.8, 4) is 0 Å². The van der Waals surface area contributed by atoms with Crippen molar-refractivity contribution in [1.82, 2.24) is 19.7 Å². The second kappa shape index (κ2) is 8.17. The van der Waals surface area contributed by atoms with E-state index in [9.17, 15) is 0 Å². The van der Waals surface area contributed by atoms with Gasteiger partial charge in [-0.3, -0.25) is 4.68 Å². The van der Waals surface area contributed by atoms with Crippen LogP contribution in [0, 0.1) is 0 Å². The van der Waals surface area contributed by atoms with Crippen molar-refractivity contribution in [2.45, 2.75) is 19.8 Å². The summed E-state index contributed by atoms with van der Waals surface area (Å²) in [6, 6.07) is 7.51. The SMILES string of the molecule is CCCCNc1nc(Nc2ccc(Cl)cc2)c2cnn(C)c2n1.Cl. The van der Waals surface area contributed by atoms with Gasteiger partial charge in [-0.1, -0.05) is 24.9 Å². The minimum Gasteiger partial charge on any atom is -0.354 e. The van der Waals surface area contributed by atoms with Crippen molar-refractivity contribution in [2.75, 3.05) is 17.2 Å². The molecule has 24 heavy (non-hydrogen) atoms. The number of halogens is 2. The van der Waals surface area contributed by atoms with Gasteiger partial charge >= 0.3 is 0 Å². The van der Waals surface area contributed by atoms with Gasteiger partial charge < -0.3 is 10.6 Å². The summed E-state index contributed by atoms with van der Waals surface area (Å²) >= 11 is 5.93. The van der Waals surface area contributed by atoms with Crippen molar-refractivity contribution in [1.29, 1.82) is 0 Å². The number of fused-ring (bicyclic) bond motifs is 1.